The number of fused-ring (bicyclic) bond motifs is 1. The number of carbonyl (C=O) groups excluding carboxylic acids is 2. The lowest BCUT2D eigenvalue weighted by molar-refractivity contribution is -0.153. The average molecular weight is 699 g/mol. The summed E-state index contributed by atoms with van der Waals surface area (Å²) < 4.78 is 25.9. The number of benzene rings is 3. The van der Waals surface area contributed by atoms with Gasteiger partial charge in [-0.15, -0.1) is 5.10 Å². The van der Waals surface area contributed by atoms with Crippen molar-refractivity contribution in [3.8, 4) is 11.5 Å². The van der Waals surface area contributed by atoms with Gasteiger partial charge in [-0.2, -0.15) is 0 Å². The van der Waals surface area contributed by atoms with Gasteiger partial charge in [-0.1, -0.05) is 72.9 Å². The normalized spacial score (nSPS) is 21.4. The third-order valence-electron chi connectivity index (χ3n) is 10.4. The van der Waals surface area contributed by atoms with Crippen LogP contribution in [0, 0.1) is 5.92 Å². The first-order valence-electron chi connectivity index (χ1n) is 17.1. The summed E-state index contributed by atoms with van der Waals surface area (Å²) in [6, 6.07) is 23.9. The molecule has 264 valence electrons. The topological polar surface area (TPSA) is 125 Å². The summed E-state index contributed by atoms with van der Waals surface area (Å²) in [7, 11) is 1.12. The molecule has 6 atom stereocenters. The fourth-order valence-electron chi connectivity index (χ4n) is 7.58. The van der Waals surface area contributed by atoms with Crippen LogP contribution >= 0.6 is 0 Å². The zero-order valence-corrected chi connectivity index (χ0v) is 30.5. The highest BCUT2D eigenvalue weighted by Gasteiger charge is 2.48. The van der Waals surface area contributed by atoms with E-state index in [4.69, 9.17) is 18.9 Å². The van der Waals surface area contributed by atoms with Gasteiger partial charge in [0.15, 0.2) is 6.23 Å². The van der Waals surface area contributed by atoms with Crippen molar-refractivity contribution in [3.05, 3.63) is 95.8 Å². The van der Waals surface area contributed by atoms with Crippen molar-refractivity contribution in [2.24, 2.45) is 5.92 Å². The Bertz CT molecular complexity index is 1800. The summed E-state index contributed by atoms with van der Waals surface area (Å²) in [5, 5.41) is 20.5. The minimum Gasteiger partial charge on any atom is -0.497 e. The lowest BCUT2D eigenvalue weighted by Gasteiger charge is -2.46. The Labute approximate surface area is 294 Å². The number of hydrogen-bond donors (Lipinski definition) is 1. The van der Waals surface area contributed by atoms with E-state index in [1.54, 1.807) is 14.2 Å². The van der Waals surface area contributed by atoms with Gasteiger partial charge in [0.05, 0.1) is 45.9 Å². The molecule has 1 aromatic heterocycles. The molecule has 1 fully saturated rings. The highest BCUT2D eigenvalue weighted by molar-refractivity contribution is 6.91. The van der Waals surface area contributed by atoms with Gasteiger partial charge in [0.1, 0.15) is 17.6 Å². The second kappa shape index (κ2) is 14.8. The van der Waals surface area contributed by atoms with Crippen molar-refractivity contribution in [2.75, 3.05) is 25.7 Å². The third-order valence-corrected chi connectivity index (χ3v) is 14.7. The number of aliphatic hydroxyl groups excluding tert-OH is 1. The van der Waals surface area contributed by atoms with Crippen LogP contribution in [0.5, 0.6) is 11.5 Å². The molecule has 2 aliphatic heterocycles. The molecule has 3 aromatic carbocycles. The van der Waals surface area contributed by atoms with E-state index in [2.05, 4.69) is 42.5 Å². The van der Waals surface area contributed by atoms with Crippen LogP contribution in [0.25, 0.3) is 0 Å². The van der Waals surface area contributed by atoms with E-state index in [9.17, 15) is 14.7 Å². The Morgan fingerprint density at radius 2 is 1.82 bits per heavy atom. The van der Waals surface area contributed by atoms with Gasteiger partial charge < -0.3 is 24.1 Å². The number of carbonyl (C=O) groups is 2. The largest absolute Gasteiger partial charge is 0.497 e. The lowest BCUT2D eigenvalue weighted by Crippen LogP contribution is -2.55. The third kappa shape index (κ3) is 6.92. The number of hydrogen-bond acceptors (Lipinski definition) is 9. The Kier molecular flexibility index (Phi) is 10.4. The predicted octanol–water partition coefficient (Wildman–Crippen LogP) is 5.20. The van der Waals surface area contributed by atoms with E-state index >= 15 is 0 Å². The van der Waals surface area contributed by atoms with E-state index in [1.807, 2.05) is 71.5 Å². The fourth-order valence-corrected chi connectivity index (χ4v) is 11.1. The van der Waals surface area contributed by atoms with Crippen molar-refractivity contribution in [1.29, 1.82) is 0 Å². The van der Waals surface area contributed by atoms with E-state index in [1.165, 1.54) is 17.0 Å². The highest BCUT2D eigenvalue weighted by atomic mass is 28.3. The maximum absolute atomic E-state index is 12.6. The molecular formula is C38H46N4O7Si. The molecule has 0 bridgehead atoms. The van der Waals surface area contributed by atoms with E-state index in [0.29, 0.717) is 18.0 Å². The molecule has 1 amide bonds. The highest BCUT2D eigenvalue weighted by Crippen LogP contribution is 2.48. The van der Waals surface area contributed by atoms with Crippen molar-refractivity contribution < 1.29 is 33.6 Å². The zero-order chi connectivity index (χ0) is 35.6. The number of ether oxygens (including phenoxy) is 4. The Hall–Kier alpha value is -4.52. The fraction of sp³-hybridized carbons (Fsp3) is 0.421. The number of rotatable bonds is 13. The molecule has 0 radical (unpaired) electrons. The van der Waals surface area contributed by atoms with Crippen LogP contribution in [-0.4, -0.2) is 73.2 Å². The number of β-lactam (4-membered cyclic amide) rings is 1. The van der Waals surface area contributed by atoms with Gasteiger partial charge in [0.25, 0.3) is 0 Å². The molecule has 0 saturated carbocycles. The molecule has 4 aromatic rings. The van der Waals surface area contributed by atoms with E-state index in [-0.39, 0.29) is 48.5 Å². The number of amides is 1. The molecular weight excluding hydrogens is 653 g/mol. The van der Waals surface area contributed by atoms with Gasteiger partial charge >= 0.3 is 5.97 Å². The molecule has 12 heteroatoms. The van der Waals surface area contributed by atoms with Crippen LogP contribution in [0.3, 0.4) is 0 Å². The minimum absolute atomic E-state index is 0.0442. The van der Waals surface area contributed by atoms with Crippen molar-refractivity contribution in [3.63, 3.8) is 0 Å². The Balaban J connectivity index is 1.31. The zero-order valence-electron chi connectivity index (χ0n) is 29.5. The molecule has 3 unspecified atom stereocenters. The second-order valence-corrected chi connectivity index (χ2v) is 18.5. The van der Waals surface area contributed by atoms with Crippen molar-refractivity contribution in [2.45, 2.75) is 76.2 Å². The van der Waals surface area contributed by atoms with Crippen LogP contribution < -0.4 is 19.6 Å². The molecule has 11 nitrogen and oxygen atoms in total. The van der Waals surface area contributed by atoms with Gasteiger partial charge in [0, 0.05) is 43.9 Å². The van der Waals surface area contributed by atoms with Crippen LogP contribution in [-0.2, 0) is 25.6 Å². The summed E-state index contributed by atoms with van der Waals surface area (Å²) in [4.78, 5) is 25.8. The molecule has 3 heterocycles. The maximum Gasteiger partial charge on any atom is 0.304 e. The summed E-state index contributed by atoms with van der Waals surface area (Å²) >= 11 is 0. The number of methoxy groups -OCH3 is 2. The van der Waals surface area contributed by atoms with Gasteiger partial charge in [0.2, 0.25) is 5.91 Å². The van der Waals surface area contributed by atoms with Crippen LogP contribution in [0.4, 0.5) is 5.69 Å². The number of esters is 1. The average Bonchev–Trinajstić information content (AvgIpc) is 3.57. The Morgan fingerprint density at radius 3 is 2.46 bits per heavy atom. The number of aromatic nitrogens is 3. The van der Waals surface area contributed by atoms with Crippen LogP contribution in [0.2, 0.25) is 18.6 Å². The van der Waals surface area contributed by atoms with Crippen LogP contribution in [0.1, 0.15) is 55.5 Å². The van der Waals surface area contributed by atoms with Crippen molar-refractivity contribution >= 4 is 30.8 Å². The second-order valence-electron chi connectivity index (χ2n) is 13.7. The van der Waals surface area contributed by atoms with Gasteiger partial charge in [-0.05, 0) is 47.9 Å². The van der Waals surface area contributed by atoms with Crippen LogP contribution in [0.15, 0.2) is 79.0 Å². The monoisotopic (exact) mass is 698 g/mol. The smallest absolute Gasteiger partial charge is 0.304 e. The number of aliphatic hydroxyl groups is 1. The first kappa shape index (κ1) is 35.3. The summed E-state index contributed by atoms with van der Waals surface area (Å²) in [5.41, 5.74) is 3.34. The van der Waals surface area contributed by atoms with E-state index < -0.39 is 20.3 Å². The van der Waals surface area contributed by atoms with Gasteiger partial charge in [-0.25, -0.2) is 0 Å². The molecule has 0 spiro atoms. The SMILES string of the molecule is COc1ccc([Si](C)(C)C(CCn2cc(C(CO)c3ccccc3)nn2)[C@@H]2Oc3ccc(N4C(=O)CC4OC(C)=O)cc3[C@H](OC)[C@H]2C)cc1. The number of aryl methyl sites for hydroxylation is 1. The standard InChI is InChI=1S/C38H46N4O7Si/c1-24-37(47-4)30-20-27(42-35(45)21-36(42)48-25(2)44)12-17-33(30)49-38(24)34(50(5,6)29-15-13-28(46-3)14-16-29)18-19-41-22-32(39-40-41)31(23-43)26-10-8-7-9-11-26/h7-17,20,22,24,31,34,36-38,43H,18-19,21,23H2,1-6H3/t24-,31?,34?,36?,37-,38-/m1/s1. The summed E-state index contributed by atoms with van der Waals surface area (Å²) in [5.74, 6) is 0.684. The quantitative estimate of drug-likeness (QED) is 0.114. The minimum atomic E-state index is -2.26. The first-order chi connectivity index (χ1) is 24.0. The number of nitrogens with zero attached hydrogens (tertiary/aromatic N) is 4. The predicted molar refractivity (Wildman–Crippen MR) is 191 cm³/mol. The van der Waals surface area contributed by atoms with Gasteiger partial charge in [-0.3, -0.25) is 19.2 Å². The first-order valence-corrected chi connectivity index (χ1v) is 20.2. The molecule has 50 heavy (non-hydrogen) atoms. The summed E-state index contributed by atoms with van der Waals surface area (Å²) in [6.45, 7) is 8.81. The Morgan fingerprint density at radius 1 is 1.08 bits per heavy atom. The summed E-state index contributed by atoms with van der Waals surface area (Å²) in [6.07, 6.45) is 1.75. The number of anilines is 1. The van der Waals surface area contributed by atoms with Crippen molar-refractivity contribution in [1.82, 2.24) is 15.0 Å². The lowest BCUT2D eigenvalue weighted by atomic mass is 9.86. The molecule has 6 rings (SSSR count). The molecule has 1 N–H and O–H groups in total. The molecule has 0 aliphatic carbocycles. The molecule has 1 saturated heterocycles. The molecule has 2 aliphatic rings. The van der Waals surface area contributed by atoms with E-state index in [0.717, 1.165) is 29.0 Å². The maximum atomic E-state index is 12.6.